The zero-order valence-corrected chi connectivity index (χ0v) is 16.5. The minimum Gasteiger partial charge on any atom is -0.352 e. The van der Waals surface area contributed by atoms with Crippen molar-refractivity contribution in [2.24, 2.45) is 0 Å². The molecular formula is C22H20F3N5O. The largest absolute Gasteiger partial charge is 0.416 e. The summed E-state index contributed by atoms with van der Waals surface area (Å²) < 4.78 is 38.1. The number of nitrogens with one attached hydrogen (secondary N) is 1. The van der Waals surface area contributed by atoms with E-state index < -0.39 is 11.7 Å². The van der Waals surface area contributed by atoms with Gasteiger partial charge in [0.1, 0.15) is 0 Å². The molecule has 9 heteroatoms. The molecule has 1 amide bonds. The van der Waals surface area contributed by atoms with Crippen LogP contribution < -0.4 is 10.2 Å². The fraction of sp³-hybridized carbons (Fsp3) is 0.227. The quantitative estimate of drug-likeness (QED) is 0.676. The number of amides is 1. The van der Waals surface area contributed by atoms with Crippen molar-refractivity contribution in [2.75, 3.05) is 36.4 Å². The third-order valence-electron chi connectivity index (χ3n) is 5.05. The van der Waals surface area contributed by atoms with Crippen LogP contribution in [-0.4, -0.2) is 47.2 Å². The number of anilines is 3. The van der Waals surface area contributed by atoms with E-state index in [9.17, 15) is 18.0 Å². The second-order valence-corrected chi connectivity index (χ2v) is 7.12. The summed E-state index contributed by atoms with van der Waals surface area (Å²) in [6.07, 6.45) is -4.42. The normalized spacial score (nSPS) is 14.4. The molecule has 0 spiro atoms. The lowest BCUT2D eigenvalue weighted by Crippen LogP contribution is -2.49. The SMILES string of the molecule is O=C(c1ccc(C(F)(F)F)cc1)N1CCN(c2ccc(Nc3ccccc3)nn2)CC1. The van der Waals surface area contributed by atoms with Gasteiger partial charge in [0.15, 0.2) is 11.6 Å². The summed E-state index contributed by atoms with van der Waals surface area (Å²) in [4.78, 5) is 16.3. The second kappa shape index (κ2) is 8.63. The Balaban J connectivity index is 1.33. The Bertz CT molecular complexity index is 1020. The zero-order chi connectivity index (χ0) is 21.8. The fourth-order valence-electron chi connectivity index (χ4n) is 3.35. The standard InChI is InChI=1S/C22H20F3N5O/c23-22(24,25)17-8-6-16(7-9-17)21(31)30-14-12-29(13-15-30)20-11-10-19(27-28-20)26-18-4-2-1-3-5-18/h1-11H,12-15H2,(H,26,27). The van der Waals surface area contributed by atoms with Crippen LogP contribution in [0.15, 0.2) is 66.7 Å². The molecule has 3 aromatic rings. The molecule has 1 aromatic heterocycles. The third kappa shape index (κ3) is 4.93. The summed E-state index contributed by atoms with van der Waals surface area (Å²) in [7, 11) is 0. The van der Waals surface area contributed by atoms with E-state index in [1.54, 1.807) is 4.90 Å². The molecule has 31 heavy (non-hydrogen) atoms. The van der Waals surface area contributed by atoms with E-state index >= 15 is 0 Å². The Morgan fingerprint density at radius 3 is 2.10 bits per heavy atom. The van der Waals surface area contributed by atoms with E-state index in [1.807, 2.05) is 47.4 Å². The summed E-state index contributed by atoms with van der Waals surface area (Å²) in [5.74, 6) is 1.06. The number of halogens is 3. The molecule has 160 valence electrons. The van der Waals surface area contributed by atoms with Gasteiger partial charge in [-0.1, -0.05) is 18.2 Å². The number of benzene rings is 2. The van der Waals surface area contributed by atoms with Crippen LogP contribution in [-0.2, 0) is 6.18 Å². The average Bonchev–Trinajstić information content (AvgIpc) is 2.79. The third-order valence-corrected chi connectivity index (χ3v) is 5.05. The molecule has 0 atom stereocenters. The number of carbonyl (C=O) groups excluding carboxylic acids is 1. The highest BCUT2D eigenvalue weighted by atomic mass is 19.4. The van der Waals surface area contributed by atoms with E-state index in [0.29, 0.717) is 37.8 Å². The molecule has 2 heterocycles. The summed E-state index contributed by atoms with van der Waals surface area (Å²) in [6.45, 7) is 2.02. The van der Waals surface area contributed by atoms with Crippen molar-refractivity contribution in [1.29, 1.82) is 0 Å². The molecule has 0 radical (unpaired) electrons. The smallest absolute Gasteiger partial charge is 0.352 e. The van der Waals surface area contributed by atoms with Gasteiger partial charge in [-0.2, -0.15) is 13.2 Å². The van der Waals surface area contributed by atoms with Gasteiger partial charge in [0.2, 0.25) is 0 Å². The van der Waals surface area contributed by atoms with Crippen molar-refractivity contribution in [3.05, 3.63) is 77.9 Å². The zero-order valence-electron chi connectivity index (χ0n) is 16.5. The van der Waals surface area contributed by atoms with Crippen LogP contribution in [0.2, 0.25) is 0 Å². The Hall–Kier alpha value is -3.62. The Morgan fingerprint density at radius 2 is 1.52 bits per heavy atom. The molecule has 4 rings (SSSR count). The van der Waals surface area contributed by atoms with Crippen LogP contribution in [0.25, 0.3) is 0 Å². The molecule has 1 saturated heterocycles. The van der Waals surface area contributed by atoms with Crippen molar-refractivity contribution >= 4 is 23.2 Å². The van der Waals surface area contributed by atoms with Gasteiger partial charge in [-0.3, -0.25) is 4.79 Å². The first-order valence-electron chi connectivity index (χ1n) is 9.77. The summed E-state index contributed by atoms with van der Waals surface area (Å²) in [5, 5.41) is 11.6. The number of para-hydroxylation sites is 1. The van der Waals surface area contributed by atoms with Crippen LogP contribution in [0.4, 0.5) is 30.5 Å². The minimum absolute atomic E-state index is 0.248. The topological polar surface area (TPSA) is 61.4 Å². The molecule has 1 N–H and O–H groups in total. The van der Waals surface area contributed by atoms with Crippen molar-refractivity contribution in [1.82, 2.24) is 15.1 Å². The van der Waals surface area contributed by atoms with Crippen molar-refractivity contribution < 1.29 is 18.0 Å². The Kier molecular flexibility index (Phi) is 5.75. The summed E-state index contributed by atoms with van der Waals surface area (Å²) >= 11 is 0. The molecule has 0 bridgehead atoms. The van der Waals surface area contributed by atoms with Gasteiger partial charge in [-0.25, -0.2) is 0 Å². The maximum absolute atomic E-state index is 12.7. The molecule has 0 unspecified atom stereocenters. The van der Waals surface area contributed by atoms with Crippen LogP contribution in [0.5, 0.6) is 0 Å². The van der Waals surface area contributed by atoms with Crippen LogP contribution in [0.3, 0.4) is 0 Å². The van der Waals surface area contributed by atoms with Gasteiger partial charge in [0.05, 0.1) is 5.56 Å². The fourth-order valence-corrected chi connectivity index (χ4v) is 3.35. The maximum Gasteiger partial charge on any atom is 0.416 e. The predicted molar refractivity (Wildman–Crippen MR) is 111 cm³/mol. The lowest BCUT2D eigenvalue weighted by atomic mass is 10.1. The van der Waals surface area contributed by atoms with Crippen LogP contribution in [0.1, 0.15) is 15.9 Å². The van der Waals surface area contributed by atoms with E-state index in [1.165, 1.54) is 12.1 Å². The number of carbonyl (C=O) groups is 1. The lowest BCUT2D eigenvalue weighted by molar-refractivity contribution is -0.137. The number of hydrogen-bond donors (Lipinski definition) is 1. The molecule has 1 fully saturated rings. The van der Waals surface area contributed by atoms with Gasteiger partial charge in [-0.05, 0) is 48.5 Å². The number of aromatic nitrogens is 2. The number of alkyl halides is 3. The Morgan fingerprint density at radius 1 is 0.839 bits per heavy atom. The number of rotatable bonds is 4. The van der Waals surface area contributed by atoms with Gasteiger partial charge in [0.25, 0.3) is 5.91 Å². The van der Waals surface area contributed by atoms with Crippen LogP contribution in [0, 0.1) is 0 Å². The van der Waals surface area contributed by atoms with E-state index in [4.69, 9.17) is 0 Å². The lowest BCUT2D eigenvalue weighted by Gasteiger charge is -2.35. The molecule has 0 saturated carbocycles. The number of nitrogens with zero attached hydrogens (tertiary/aromatic N) is 4. The van der Waals surface area contributed by atoms with E-state index in [2.05, 4.69) is 15.5 Å². The van der Waals surface area contributed by atoms with E-state index in [0.717, 1.165) is 17.8 Å². The molecule has 1 aliphatic heterocycles. The maximum atomic E-state index is 12.7. The highest BCUT2D eigenvalue weighted by Gasteiger charge is 2.30. The van der Waals surface area contributed by atoms with Crippen LogP contribution >= 0.6 is 0 Å². The van der Waals surface area contributed by atoms with Gasteiger partial charge in [-0.15, -0.1) is 10.2 Å². The highest BCUT2D eigenvalue weighted by Crippen LogP contribution is 2.29. The van der Waals surface area contributed by atoms with Crippen molar-refractivity contribution in [3.8, 4) is 0 Å². The van der Waals surface area contributed by atoms with Crippen molar-refractivity contribution in [2.45, 2.75) is 6.18 Å². The number of piperazine rings is 1. The van der Waals surface area contributed by atoms with Gasteiger partial charge < -0.3 is 15.1 Å². The Labute approximate surface area is 177 Å². The predicted octanol–water partition coefficient (Wildman–Crippen LogP) is 4.20. The summed E-state index contributed by atoms with van der Waals surface area (Å²) in [5.41, 5.74) is 0.398. The van der Waals surface area contributed by atoms with Crippen molar-refractivity contribution in [3.63, 3.8) is 0 Å². The minimum atomic E-state index is -4.42. The first kappa shape index (κ1) is 20.6. The van der Waals surface area contributed by atoms with Gasteiger partial charge >= 0.3 is 6.18 Å². The average molecular weight is 427 g/mol. The molecule has 6 nitrogen and oxygen atoms in total. The first-order valence-corrected chi connectivity index (χ1v) is 9.77. The molecular weight excluding hydrogens is 407 g/mol. The molecule has 2 aromatic carbocycles. The second-order valence-electron chi connectivity index (χ2n) is 7.12. The highest BCUT2D eigenvalue weighted by molar-refractivity contribution is 5.94. The molecule has 0 aliphatic carbocycles. The first-order chi connectivity index (χ1) is 14.9. The van der Waals surface area contributed by atoms with Gasteiger partial charge in [0, 0.05) is 37.4 Å². The van der Waals surface area contributed by atoms with E-state index in [-0.39, 0.29) is 11.5 Å². The monoisotopic (exact) mass is 427 g/mol. The number of hydrogen-bond acceptors (Lipinski definition) is 5. The molecule has 1 aliphatic rings. The summed E-state index contributed by atoms with van der Waals surface area (Å²) in [6, 6.07) is 17.7.